The fourth-order valence-electron chi connectivity index (χ4n) is 9.41. The Morgan fingerprint density at radius 3 is 2.46 bits per heavy atom. The number of ether oxygens (including phenoxy) is 1. The van der Waals surface area contributed by atoms with Gasteiger partial charge in [-0.2, -0.15) is 0 Å². The predicted octanol–water partition coefficient (Wildman–Crippen LogP) is 10.4. The molecule has 8 atom stereocenters. The van der Waals surface area contributed by atoms with Crippen molar-refractivity contribution in [3.05, 3.63) is 11.6 Å². The zero-order valence-corrected chi connectivity index (χ0v) is 25.4. The van der Waals surface area contributed by atoms with E-state index in [0.29, 0.717) is 10.8 Å². The normalized spacial score (nSPS) is 37.8. The highest BCUT2D eigenvalue weighted by atomic mass is 35.5. The van der Waals surface area contributed by atoms with E-state index < -0.39 is 5.38 Å². The molecule has 0 N–H and O–H groups in total. The first-order chi connectivity index (χ1) is 17.8. The number of rotatable bonds is 13. The molecule has 0 spiro atoms. The maximum Gasteiger partial charge on any atom is 0.324 e. The molecule has 3 fully saturated rings. The fraction of sp³-hybridized carbons (Fsp3) is 0.912. The second-order valence-electron chi connectivity index (χ2n) is 13.9. The number of halogens is 1. The smallest absolute Gasteiger partial charge is 0.324 e. The van der Waals surface area contributed by atoms with Crippen molar-refractivity contribution < 1.29 is 9.53 Å². The highest BCUT2D eigenvalue weighted by Crippen LogP contribution is 2.66. The molecule has 0 heterocycles. The van der Waals surface area contributed by atoms with Gasteiger partial charge in [-0.25, -0.2) is 0 Å². The zero-order valence-electron chi connectivity index (χ0n) is 24.7. The van der Waals surface area contributed by atoms with Gasteiger partial charge < -0.3 is 4.74 Å². The Balaban J connectivity index is 1.32. The van der Waals surface area contributed by atoms with Crippen LogP contribution in [0.1, 0.15) is 150 Å². The van der Waals surface area contributed by atoms with Crippen molar-refractivity contribution in [1.29, 1.82) is 0 Å². The molecule has 4 aliphatic carbocycles. The van der Waals surface area contributed by atoms with E-state index in [1.807, 2.05) is 0 Å². The molecule has 37 heavy (non-hydrogen) atoms. The summed E-state index contributed by atoms with van der Waals surface area (Å²) >= 11 is 6.39. The largest absolute Gasteiger partial charge is 0.461 e. The van der Waals surface area contributed by atoms with Crippen molar-refractivity contribution in [3.63, 3.8) is 0 Å². The zero-order chi connectivity index (χ0) is 26.5. The fourth-order valence-corrected chi connectivity index (χ4v) is 9.62. The lowest BCUT2D eigenvalue weighted by Crippen LogP contribution is -2.50. The molecule has 0 amide bonds. The Bertz CT molecular complexity index is 776. The predicted molar refractivity (Wildman–Crippen MR) is 157 cm³/mol. The van der Waals surface area contributed by atoms with Crippen LogP contribution < -0.4 is 0 Å². The molecule has 4 rings (SSSR count). The lowest BCUT2D eigenvalue weighted by molar-refractivity contribution is -0.151. The van der Waals surface area contributed by atoms with E-state index in [2.05, 4.69) is 33.8 Å². The van der Waals surface area contributed by atoms with Crippen LogP contribution in [0.3, 0.4) is 0 Å². The van der Waals surface area contributed by atoms with Gasteiger partial charge in [0.1, 0.15) is 11.5 Å². The monoisotopic (exact) mass is 532 g/mol. The van der Waals surface area contributed by atoms with Gasteiger partial charge in [0.15, 0.2) is 0 Å². The van der Waals surface area contributed by atoms with E-state index in [1.165, 1.54) is 83.5 Å². The third-order valence-electron chi connectivity index (χ3n) is 11.8. The van der Waals surface area contributed by atoms with Gasteiger partial charge in [-0.1, -0.05) is 97.1 Å². The minimum Gasteiger partial charge on any atom is -0.461 e. The third-order valence-corrected chi connectivity index (χ3v) is 12.2. The minimum atomic E-state index is -0.479. The maximum atomic E-state index is 12.6. The van der Waals surface area contributed by atoms with Crippen LogP contribution in [-0.2, 0) is 9.53 Å². The quantitative estimate of drug-likeness (QED) is 0.102. The van der Waals surface area contributed by atoms with Gasteiger partial charge in [0.05, 0.1) is 0 Å². The SMILES string of the molecule is CCCCCCCC[C@H]1CC[C@H]2[C@@H]3CC=C4C[C@@H](OC(=O)[C@H](Cl)CCCCC)CC[C@]4(C)[C@H]3CC[C@]12C. The van der Waals surface area contributed by atoms with Gasteiger partial charge >= 0.3 is 5.97 Å². The molecule has 3 heteroatoms. The van der Waals surface area contributed by atoms with Crippen LogP contribution in [0.25, 0.3) is 0 Å². The van der Waals surface area contributed by atoms with E-state index in [1.54, 1.807) is 5.57 Å². The highest BCUT2D eigenvalue weighted by molar-refractivity contribution is 6.29. The Hall–Kier alpha value is -0.500. The second-order valence-corrected chi connectivity index (χ2v) is 14.4. The molecule has 0 aromatic carbocycles. The number of esters is 1. The van der Waals surface area contributed by atoms with E-state index in [0.717, 1.165) is 62.2 Å². The summed E-state index contributed by atoms with van der Waals surface area (Å²) in [6.07, 6.45) is 26.8. The number of fused-ring (bicyclic) bond motifs is 5. The van der Waals surface area contributed by atoms with Gasteiger partial charge in [0.2, 0.25) is 0 Å². The first kappa shape index (κ1) is 29.5. The third kappa shape index (κ3) is 6.47. The minimum absolute atomic E-state index is 0.0258. The number of carbonyl (C=O) groups is 1. The molecule has 3 saturated carbocycles. The summed E-state index contributed by atoms with van der Waals surface area (Å²) in [6.45, 7) is 9.74. The lowest BCUT2D eigenvalue weighted by Gasteiger charge is -2.58. The molecule has 0 saturated heterocycles. The Labute approximate surface area is 234 Å². The Kier molecular flexibility index (Phi) is 10.5. The van der Waals surface area contributed by atoms with Crippen molar-refractivity contribution in [2.45, 2.75) is 161 Å². The lowest BCUT2D eigenvalue weighted by atomic mass is 9.47. The first-order valence-corrected chi connectivity index (χ1v) is 16.8. The van der Waals surface area contributed by atoms with Crippen molar-refractivity contribution in [2.75, 3.05) is 0 Å². The number of carbonyl (C=O) groups excluding carboxylic acids is 1. The van der Waals surface area contributed by atoms with Crippen LogP contribution in [0.15, 0.2) is 11.6 Å². The molecule has 4 aliphatic rings. The van der Waals surface area contributed by atoms with Crippen LogP contribution in [0.2, 0.25) is 0 Å². The topological polar surface area (TPSA) is 26.3 Å². The van der Waals surface area contributed by atoms with Crippen LogP contribution >= 0.6 is 11.6 Å². The number of alkyl halides is 1. The average Bonchev–Trinajstić information content (AvgIpc) is 3.22. The van der Waals surface area contributed by atoms with Gasteiger partial charge in [0, 0.05) is 6.42 Å². The van der Waals surface area contributed by atoms with E-state index in [9.17, 15) is 4.79 Å². The number of hydrogen-bond donors (Lipinski definition) is 0. The summed E-state index contributed by atoms with van der Waals surface area (Å²) in [7, 11) is 0. The summed E-state index contributed by atoms with van der Waals surface area (Å²) < 4.78 is 5.97. The van der Waals surface area contributed by atoms with Crippen LogP contribution in [0, 0.1) is 34.5 Å². The van der Waals surface area contributed by atoms with E-state index >= 15 is 0 Å². The van der Waals surface area contributed by atoms with E-state index in [-0.39, 0.29) is 12.1 Å². The molecule has 0 bridgehead atoms. The summed E-state index contributed by atoms with van der Waals surface area (Å²) in [5, 5.41) is -0.479. The molecular formula is C34H57ClO2. The first-order valence-electron chi connectivity index (χ1n) is 16.4. The van der Waals surface area contributed by atoms with Crippen molar-refractivity contribution in [1.82, 2.24) is 0 Å². The summed E-state index contributed by atoms with van der Waals surface area (Å²) in [4.78, 5) is 12.6. The van der Waals surface area contributed by atoms with Gasteiger partial charge in [-0.05, 0) is 92.3 Å². The summed E-state index contributed by atoms with van der Waals surface area (Å²) in [5.74, 6) is 3.38. The standard InChI is InChI=1S/C34H57ClO2/c1-5-7-9-10-11-13-14-25-17-19-29-28-18-16-26-24-27(37-32(36)31(35)15-12-8-6-2)20-22-34(26,4)30(28)21-23-33(25,29)3/h16,25,27-31H,5-15,17-24H2,1-4H3/t25-,27-,28-,29-,30-,31+,33+,34-/m0/s1. The molecule has 0 unspecified atom stereocenters. The molecular weight excluding hydrogens is 476 g/mol. The van der Waals surface area contributed by atoms with Crippen LogP contribution in [0.5, 0.6) is 0 Å². The Morgan fingerprint density at radius 2 is 1.68 bits per heavy atom. The molecule has 0 aliphatic heterocycles. The molecule has 0 radical (unpaired) electrons. The number of allylic oxidation sites excluding steroid dienone is 1. The van der Waals surface area contributed by atoms with Crippen LogP contribution in [-0.4, -0.2) is 17.5 Å². The van der Waals surface area contributed by atoms with Gasteiger partial charge in [-0.3, -0.25) is 4.79 Å². The molecule has 2 nitrogen and oxygen atoms in total. The Morgan fingerprint density at radius 1 is 0.946 bits per heavy atom. The number of unbranched alkanes of at least 4 members (excludes halogenated alkanes) is 7. The van der Waals surface area contributed by atoms with Gasteiger partial charge in [0.25, 0.3) is 0 Å². The molecule has 0 aromatic rings. The van der Waals surface area contributed by atoms with Crippen LogP contribution in [0.4, 0.5) is 0 Å². The average molecular weight is 533 g/mol. The summed E-state index contributed by atoms with van der Waals surface area (Å²) in [5.41, 5.74) is 2.48. The number of hydrogen-bond acceptors (Lipinski definition) is 2. The molecule has 212 valence electrons. The summed E-state index contributed by atoms with van der Waals surface area (Å²) in [6, 6.07) is 0. The molecule has 0 aromatic heterocycles. The van der Waals surface area contributed by atoms with E-state index in [4.69, 9.17) is 16.3 Å². The maximum absolute atomic E-state index is 12.6. The second kappa shape index (κ2) is 13.2. The highest BCUT2D eigenvalue weighted by Gasteiger charge is 2.58. The van der Waals surface area contributed by atoms with Gasteiger partial charge in [-0.15, -0.1) is 11.6 Å². The van der Waals surface area contributed by atoms with Crippen molar-refractivity contribution >= 4 is 17.6 Å². The van der Waals surface area contributed by atoms with Crippen molar-refractivity contribution in [3.8, 4) is 0 Å². The van der Waals surface area contributed by atoms with Crippen molar-refractivity contribution in [2.24, 2.45) is 34.5 Å².